The van der Waals surface area contributed by atoms with Gasteiger partial charge in [0, 0.05) is 23.3 Å². The standard InChI is InChI=1S/C17H19NO4S/c1-21-14-4-2-12(3-5-14)16-10-22-7-6-18(16)9-15-8-13(11-23-15)17(19)20/h2-5,8,11,16H,6-7,9-10H2,1H3,(H,19,20). The number of rotatable bonds is 5. The first kappa shape index (κ1) is 16.0. The third-order valence-corrected chi connectivity index (χ3v) is 4.92. The van der Waals surface area contributed by atoms with E-state index in [-0.39, 0.29) is 6.04 Å². The zero-order chi connectivity index (χ0) is 16.2. The Bertz CT molecular complexity index is 667. The molecule has 2 aromatic rings. The molecule has 5 nitrogen and oxygen atoms in total. The van der Waals surface area contributed by atoms with E-state index in [1.165, 1.54) is 16.9 Å². The molecule has 1 fully saturated rings. The number of thiophene rings is 1. The Kier molecular flexibility index (Phi) is 4.95. The number of methoxy groups -OCH3 is 1. The van der Waals surface area contributed by atoms with Gasteiger partial charge in [-0.1, -0.05) is 12.1 Å². The first-order valence-electron chi connectivity index (χ1n) is 7.44. The van der Waals surface area contributed by atoms with E-state index in [2.05, 4.69) is 17.0 Å². The Morgan fingerprint density at radius 1 is 1.43 bits per heavy atom. The van der Waals surface area contributed by atoms with Gasteiger partial charge in [-0.3, -0.25) is 4.90 Å². The van der Waals surface area contributed by atoms with Crippen LogP contribution < -0.4 is 4.74 Å². The van der Waals surface area contributed by atoms with Crippen LogP contribution in [0.4, 0.5) is 0 Å². The second kappa shape index (κ2) is 7.12. The molecule has 0 saturated carbocycles. The van der Waals surface area contributed by atoms with Gasteiger partial charge < -0.3 is 14.6 Å². The molecule has 23 heavy (non-hydrogen) atoms. The maximum atomic E-state index is 11.0. The fraction of sp³-hybridized carbons (Fsp3) is 0.353. The lowest BCUT2D eigenvalue weighted by molar-refractivity contribution is -0.0122. The summed E-state index contributed by atoms with van der Waals surface area (Å²) < 4.78 is 10.8. The number of carboxylic acids is 1. The molecule has 0 radical (unpaired) electrons. The first-order valence-corrected chi connectivity index (χ1v) is 8.32. The summed E-state index contributed by atoms with van der Waals surface area (Å²) in [4.78, 5) is 14.4. The SMILES string of the molecule is COc1ccc(C2COCCN2Cc2cc(C(=O)O)cs2)cc1. The van der Waals surface area contributed by atoms with Crippen LogP contribution in [0.1, 0.15) is 26.8 Å². The summed E-state index contributed by atoms with van der Waals surface area (Å²) in [6.45, 7) is 2.91. The highest BCUT2D eigenvalue weighted by atomic mass is 32.1. The number of aromatic carboxylic acids is 1. The van der Waals surface area contributed by atoms with E-state index >= 15 is 0 Å². The van der Waals surface area contributed by atoms with E-state index in [4.69, 9.17) is 14.6 Å². The van der Waals surface area contributed by atoms with Crippen LogP contribution in [0.5, 0.6) is 5.75 Å². The van der Waals surface area contributed by atoms with Gasteiger partial charge in [0.05, 0.1) is 31.9 Å². The summed E-state index contributed by atoms with van der Waals surface area (Å²) in [7, 11) is 1.65. The van der Waals surface area contributed by atoms with Crippen molar-refractivity contribution in [2.24, 2.45) is 0 Å². The summed E-state index contributed by atoms with van der Waals surface area (Å²) in [5, 5.41) is 10.7. The lowest BCUT2D eigenvalue weighted by Gasteiger charge is -2.35. The lowest BCUT2D eigenvalue weighted by atomic mass is 10.0. The predicted molar refractivity (Wildman–Crippen MR) is 88.2 cm³/mol. The van der Waals surface area contributed by atoms with E-state index in [1.54, 1.807) is 18.6 Å². The largest absolute Gasteiger partial charge is 0.497 e. The Morgan fingerprint density at radius 2 is 2.22 bits per heavy atom. The molecule has 1 saturated heterocycles. The zero-order valence-electron chi connectivity index (χ0n) is 12.9. The molecule has 3 rings (SSSR count). The van der Waals surface area contributed by atoms with E-state index in [9.17, 15) is 4.79 Å². The zero-order valence-corrected chi connectivity index (χ0v) is 13.7. The molecule has 1 aliphatic rings. The van der Waals surface area contributed by atoms with Crippen molar-refractivity contribution in [3.05, 3.63) is 51.7 Å². The fourth-order valence-electron chi connectivity index (χ4n) is 2.74. The minimum Gasteiger partial charge on any atom is -0.497 e. The summed E-state index contributed by atoms with van der Waals surface area (Å²) in [6, 6.07) is 9.95. The highest BCUT2D eigenvalue weighted by Gasteiger charge is 2.25. The molecular weight excluding hydrogens is 314 g/mol. The van der Waals surface area contributed by atoms with Gasteiger partial charge in [0.1, 0.15) is 5.75 Å². The van der Waals surface area contributed by atoms with E-state index in [0.717, 1.165) is 23.7 Å². The molecule has 0 bridgehead atoms. The van der Waals surface area contributed by atoms with Crippen LogP contribution in [0.25, 0.3) is 0 Å². The van der Waals surface area contributed by atoms with Crippen molar-refractivity contribution in [3.8, 4) is 5.75 Å². The number of carbonyl (C=O) groups is 1. The highest BCUT2D eigenvalue weighted by Crippen LogP contribution is 2.28. The van der Waals surface area contributed by atoms with Crippen LogP contribution in [0, 0.1) is 0 Å². The maximum absolute atomic E-state index is 11.0. The molecule has 1 aromatic carbocycles. The molecule has 0 amide bonds. The fourth-order valence-corrected chi connectivity index (χ4v) is 3.62. The third kappa shape index (κ3) is 3.72. The third-order valence-electron chi connectivity index (χ3n) is 4.00. The van der Waals surface area contributed by atoms with Crippen LogP contribution in [-0.4, -0.2) is 42.8 Å². The van der Waals surface area contributed by atoms with Gasteiger partial charge >= 0.3 is 5.97 Å². The van der Waals surface area contributed by atoms with Gasteiger partial charge in [-0.25, -0.2) is 4.79 Å². The summed E-state index contributed by atoms with van der Waals surface area (Å²) in [5.74, 6) is -0.0393. The van der Waals surface area contributed by atoms with Crippen molar-refractivity contribution < 1.29 is 19.4 Å². The Morgan fingerprint density at radius 3 is 2.87 bits per heavy atom. The quantitative estimate of drug-likeness (QED) is 0.911. The second-order valence-electron chi connectivity index (χ2n) is 5.44. The molecule has 0 spiro atoms. The van der Waals surface area contributed by atoms with Crippen molar-refractivity contribution in [2.45, 2.75) is 12.6 Å². The normalized spacial score (nSPS) is 18.7. The second-order valence-corrected chi connectivity index (χ2v) is 6.44. The van der Waals surface area contributed by atoms with Crippen molar-refractivity contribution in [2.75, 3.05) is 26.9 Å². The van der Waals surface area contributed by atoms with E-state index in [1.807, 2.05) is 12.1 Å². The van der Waals surface area contributed by atoms with Gasteiger partial charge in [0.15, 0.2) is 0 Å². The number of hydrogen-bond donors (Lipinski definition) is 1. The van der Waals surface area contributed by atoms with Crippen molar-refractivity contribution in [1.82, 2.24) is 4.90 Å². The van der Waals surface area contributed by atoms with Gasteiger partial charge in [-0.15, -0.1) is 11.3 Å². The molecule has 122 valence electrons. The van der Waals surface area contributed by atoms with Gasteiger partial charge in [-0.05, 0) is 23.8 Å². The van der Waals surface area contributed by atoms with Crippen molar-refractivity contribution >= 4 is 17.3 Å². The van der Waals surface area contributed by atoms with Crippen LogP contribution in [0.3, 0.4) is 0 Å². The van der Waals surface area contributed by atoms with E-state index in [0.29, 0.717) is 18.8 Å². The topological polar surface area (TPSA) is 59.0 Å². The monoisotopic (exact) mass is 333 g/mol. The van der Waals surface area contributed by atoms with E-state index < -0.39 is 5.97 Å². The molecule has 0 aliphatic carbocycles. The van der Waals surface area contributed by atoms with Gasteiger partial charge in [0.2, 0.25) is 0 Å². The van der Waals surface area contributed by atoms with Crippen LogP contribution >= 0.6 is 11.3 Å². The summed E-state index contributed by atoms with van der Waals surface area (Å²) in [5.41, 5.74) is 1.54. The highest BCUT2D eigenvalue weighted by molar-refractivity contribution is 7.10. The maximum Gasteiger partial charge on any atom is 0.336 e. The molecule has 1 aromatic heterocycles. The molecule has 1 N–H and O–H groups in total. The first-order chi connectivity index (χ1) is 11.2. The van der Waals surface area contributed by atoms with Crippen molar-refractivity contribution in [3.63, 3.8) is 0 Å². The number of morpholine rings is 1. The number of ether oxygens (including phenoxy) is 2. The smallest absolute Gasteiger partial charge is 0.336 e. The Labute approximate surface area is 139 Å². The van der Waals surface area contributed by atoms with Crippen LogP contribution in [0.2, 0.25) is 0 Å². The number of nitrogens with zero attached hydrogens (tertiary/aromatic N) is 1. The number of carboxylic acid groups (broad SMARTS) is 1. The average Bonchev–Trinajstić information content (AvgIpc) is 3.04. The molecule has 1 aliphatic heterocycles. The molecule has 1 unspecified atom stereocenters. The lowest BCUT2D eigenvalue weighted by Crippen LogP contribution is -2.38. The van der Waals surface area contributed by atoms with Gasteiger partial charge in [0.25, 0.3) is 0 Å². The van der Waals surface area contributed by atoms with Gasteiger partial charge in [-0.2, -0.15) is 0 Å². The minimum absolute atomic E-state index is 0.171. The predicted octanol–water partition coefficient (Wildman–Crippen LogP) is 3.03. The average molecular weight is 333 g/mol. The molecule has 6 heteroatoms. The summed E-state index contributed by atoms with van der Waals surface area (Å²) >= 11 is 1.49. The summed E-state index contributed by atoms with van der Waals surface area (Å²) in [6.07, 6.45) is 0. The Balaban J connectivity index is 1.76. The minimum atomic E-state index is -0.874. The molecular formula is C17H19NO4S. The number of benzene rings is 1. The van der Waals surface area contributed by atoms with Crippen LogP contribution in [-0.2, 0) is 11.3 Å². The number of hydrogen-bond acceptors (Lipinski definition) is 5. The van der Waals surface area contributed by atoms with Crippen LogP contribution in [0.15, 0.2) is 35.7 Å². The Hall–Kier alpha value is -1.89. The molecule has 2 heterocycles. The van der Waals surface area contributed by atoms with Crippen molar-refractivity contribution in [1.29, 1.82) is 0 Å². The molecule has 1 atom stereocenters.